The van der Waals surface area contributed by atoms with Crippen molar-refractivity contribution in [1.29, 1.82) is 5.26 Å². The summed E-state index contributed by atoms with van der Waals surface area (Å²) in [7, 11) is 0. The fourth-order valence-electron chi connectivity index (χ4n) is 6.46. The summed E-state index contributed by atoms with van der Waals surface area (Å²) in [5.41, 5.74) is 1.83. The van der Waals surface area contributed by atoms with Crippen molar-refractivity contribution in [3.05, 3.63) is 29.8 Å². The summed E-state index contributed by atoms with van der Waals surface area (Å²) in [6.45, 7) is 2.33. The first-order chi connectivity index (χ1) is 15.2. The van der Waals surface area contributed by atoms with Gasteiger partial charge in [0.25, 0.3) is 0 Å². The maximum atomic E-state index is 9.28. The Hall–Kier alpha value is -1.77. The van der Waals surface area contributed by atoms with Gasteiger partial charge in [-0.1, -0.05) is 50.7 Å². The van der Waals surface area contributed by atoms with Crippen molar-refractivity contribution in [3.8, 4) is 6.07 Å². The Bertz CT molecular complexity index is 866. The quantitative estimate of drug-likeness (QED) is 0.560. The summed E-state index contributed by atoms with van der Waals surface area (Å²) in [6, 6.07) is 11.0. The van der Waals surface area contributed by atoms with Crippen molar-refractivity contribution in [2.75, 3.05) is 18.0 Å². The number of thiocarbonyl (C=S) groups is 1. The molecular formula is C26H34N4S. The fraction of sp³-hybridized carbons (Fsp3) is 0.654. The van der Waals surface area contributed by atoms with Gasteiger partial charge in [0.2, 0.25) is 0 Å². The molecule has 2 aliphatic heterocycles. The zero-order valence-corrected chi connectivity index (χ0v) is 19.4. The smallest absolute Gasteiger partial charge is 0.127 e. The molecule has 1 atom stereocenters. The Labute approximate surface area is 192 Å². The standard InChI is InChI=1S/C26H34N4S/c27-19-20-11-13-22(14-12-20)30-24(28-21-9-3-1-4-10-21)23(29-17-7-8-18-29)26(25(30)31)15-5-2-6-16-26/h11-14,21,23H,1-10,15-18H2/t23-/m1/s1. The van der Waals surface area contributed by atoms with Crippen LogP contribution in [-0.4, -0.2) is 40.9 Å². The minimum Gasteiger partial charge on any atom is -0.293 e. The van der Waals surface area contributed by atoms with Crippen LogP contribution in [0.2, 0.25) is 0 Å². The molecule has 0 N–H and O–H groups in total. The van der Waals surface area contributed by atoms with Crippen LogP contribution in [0.5, 0.6) is 0 Å². The van der Waals surface area contributed by atoms with E-state index in [1.54, 1.807) is 0 Å². The molecule has 4 fully saturated rings. The second kappa shape index (κ2) is 9.00. The SMILES string of the molecule is N#Cc1ccc(N2C(=S)C3(CCCCC3)[C@H](N3CCCC3)C2=NC2CCCCC2)cc1. The first-order valence-corrected chi connectivity index (χ1v) is 12.8. The highest BCUT2D eigenvalue weighted by molar-refractivity contribution is 7.80. The molecule has 1 spiro atoms. The molecule has 5 heteroatoms. The van der Waals surface area contributed by atoms with Crippen LogP contribution in [0.1, 0.15) is 82.6 Å². The molecule has 5 rings (SSSR count). The minimum absolute atomic E-state index is 0.0410. The number of nitrogens with zero attached hydrogens (tertiary/aromatic N) is 4. The second-order valence-electron chi connectivity index (χ2n) is 9.94. The molecule has 0 bridgehead atoms. The Balaban J connectivity index is 1.62. The molecular weight excluding hydrogens is 400 g/mol. The largest absolute Gasteiger partial charge is 0.293 e. The van der Waals surface area contributed by atoms with Gasteiger partial charge in [0, 0.05) is 11.1 Å². The van der Waals surface area contributed by atoms with Gasteiger partial charge in [0.15, 0.2) is 0 Å². The van der Waals surface area contributed by atoms with E-state index in [1.807, 2.05) is 12.1 Å². The van der Waals surface area contributed by atoms with Gasteiger partial charge in [0.1, 0.15) is 5.84 Å². The van der Waals surface area contributed by atoms with Crippen LogP contribution >= 0.6 is 12.2 Å². The lowest BCUT2D eigenvalue weighted by molar-refractivity contribution is 0.154. The molecule has 0 unspecified atom stereocenters. The molecule has 2 heterocycles. The molecule has 0 aromatic heterocycles. The van der Waals surface area contributed by atoms with Gasteiger partial charge in [-0.3, -0.25) is 14.8 Å². The molecule has 0 radical (unpaired) electrons. The van der Waals surface area contributed by atoms with Crippen molar-refractivity contribution in [1.82, 2.24) is 4.90 Å². The van der Waals surface area contributed by atoms with Crippen LogP contribution in [0, 0.1) is 16.7 Å². The van der Waals surface area contributed by atoms with Crippen LogP contribution in [0.15, 0.2) is 29.3 Å². The minimum atomic E-state index is 0.0410. The fourth-order valence-corrected chi connectivity index (χ4v) is 6.97. The van der Waals surface area contributed by atoms with Gasteiger partial charge in [-0.15, -0.1) is 0 Å². The van der Waals surface area contributed by atoms with Crippen molar-refractivity contribution in [2.45, 2.75) is 89.1 Å². The molecule has 4 aliphatic rings. The molecule has 1 aromatic carbocycles. The van der Waals surface area contributed by atoms with Crippen LogP contribution in [-0.2, 0) is 0 Å². The Morgan fingerprint density at radius 1 is 0.903 bits per heavy atom. The third-order valence-electron chi connectivity index (χ3n) is 8.02. The lowest BCUT2D eigenvalue weighted by atomic mass is 9.70. The van der Waals surface area contributed by atoms with E-state index >= 15 is 0 Å². The number of aliphatic imine (C=N–C) groups is 1. The van der Waals surface area contributed by atoms with Gasteiger partial charge >= 0.3 is 0 Å². The first kappa shape index (κ1) is 21.1. The summed E-state index contributed by atoms with van der Waals surface area (Å²) in [5.74, 6) is 1.21. The average Bonchev–Trinajstić information content (AvgIpc) is 3.41. The van der Waals surface area contributed by atoms with Gasteiger partial charge < -0.3 is 0 Å². The first-order valence-electron chi connectivity index (χ1n) is 12.4. The van der Waals surface area contributed by atoms with E-state index in [1.165, 1.54) is 96.0 Å². The van der Waals surface area contributed by atoms with Crippen LogP contribution < -0.4 is 4.90 Å². The van der Waals surface area contributed by atoms with Crippen molar-refractivity contribution < 1.29 is 0 Å². The van der Waals surface area contributed by atoms with Crippen LogP contribution in [0.4, 0.5) is 5.69 Å². The highest BCUT2D eigenvalue weighted by Crippen LogP contribution is 2.50. The highest BCUT2D eigenvalue weighted by Gasteiger charge is 2.57. The van der Waals surface area contributed by atoms with Crippen LogP contribution in [0.25, 0.3) is 0 Å². The normalized spacial score (nSPS) is 28.5. The Kier molecular flexibility index (Phi) is 6.12. The number of nitriles is 1. The second-order valence-corrected chi connectivity index (χ2v) is 10.3. The predicted molar refractivity (Wildman–Crippen MR) is 131 cm³/mol. The molecule has 31 heavy (non-hydrogen) atoms. The number of anilines is 1. The van der Waals surface area contributed by atoms with Crippen molar-refractivity contribution in [3.63, 3.8) is 0 Å². The zero-order valence-electron chi connectivity index (χ0n) is 18.6. The summed E-state index contributed by atoms with van der Waals surface area (Å²) in [4.78, 5) is 11.6. The van der Waals surface area contributed by atoms with E-state index in [0.717, 1.165) is 10.7 Å². The van der Waals surface area contributed by atoms with Gasteiger partial charge in [-0.2, -0.15) is 5.26 Å². The van der Waals surface area contributed by atoms with Gasteiger partial charge in [-0.25, -0.2) is 0 Å². The molecule has 1 aromatic rings. The molecule has 164 valence electrons. The van der Waals surface area contributed by atoms with E-state index in [2.05, 4.69) is 28.0 Å². The maximum Gasteiger partial charge on any atom is 0.127 e. The maximum absolute atomic E-state index is 9.28. The summed E-state index contributed by atoms with van der Waals surface area (Å²) in [6.07, 6.45) is 15.1. The third kappa shape index (κ3) is 3.83. The number of hydrogen-bond acceptors (Lipinski definition) is 4. The predicted octanol–water partition coefficient (Wildman–Crippen LogP) is 5.85. The Morgan fingerprint density at radius 3 is 2.19 bits per heavy atom. The zero-order chi connectivity index (χ0) is 21.3. The molecule has 2 saturated carbocycles. The molecule has 0 amide bonds. The lowest BCUT2D eigenvalue weighted by Crippen LogP contribution is -2.50. The van der Waals surface area contributed by atoms with E-state index in [-0.39, 0.29) is 5.41 Å². The number of rotatable bonds is 3. The van der Waals surface area contributed by atoms with E-state index in [0.29, 0.717) is 17.6 Å². The third-order valence-corrected chi connectivity index (χ3v) is 8.61. The number of likely N-dealkylation sites (tertiary alicyclic amines) is 1. The average molecular weight is 435 g/mol. The number of amidine groups is 1. The van der Waals surface area contributed by atoms with Crippen molar-refractivity contribution >= 4 is 28.7 Å². The monoisotopic (exact) mass is 434 g/mol. The summed E-state index contributed by atoms with van der Waals surface area (Å²) in [5, 5.41) is 9.28. The van der Waals surface area contributed by atoms with Crippen molar-refractivity contribution in [2.24, 2.45) is 10.4 Å². The van der Waals surface area contributed by atoms with E-state index < -0.39 is 0 Å². The number of benzene rings is 1. The highest BCUT2D eigenvalue weighted by atomic mass is 32.1. The van der Waals surface area contributed by atoms with E-state index in [4.69, 9.17) is 17.2 Å². The topological polar surface area (TPSA) is 42.6 Å². The van der Waals surface area contributed by atoms with Gasteiger partial charge in [0.05, 0.1) is 28.7 Å². The van der Waals surface area contributed by atoms with E-state index in [9.17, 15) is 5.26 Å². The Morgan fingerprint density at radius 2 is 1.55 bits per heavy atom. The summed E-state index contributed by atoms with van der Waals surface area (Å²) >= 11 is 6.33. The van der Waals surface area contributed by atoms with Crippen LogP contribution in [0.3, 0.4) is 0 Å². The molecule has 2 aliphatic carbocycles. The van der Waals surface area contributed by atoms with Gasteiger partial charge in [-0.05, 0) is 75.9 Å². The molecule has 4 nitrogen and oxygen atoms in total. The number of hydrogen-bond donors (Lipinski definition) is 0. The summed E-state index contributed by atoms with van der Waals surface area (Å²) < 4.78 is 0. The molecule has 2 saturated heterocycles. The lowest BCUT2D eigenvalue weighted by Gasteiger charge is -2.41.